The molecule has 1 atom stereocenters. The topological polar surface area (TPSA) is 49.9 Å². The molecule has 0 spiro atoms. The number of hydrogen-bond acceptors (Lipinski definition) is 3. The van der Waals surface area contributed by atoms with Crippen LogP contribution in [0.5, 0.6) is 11.6 Å². The minimum Gasteiger partial charge on any atom is -0.434 e. The van der Waals surface area contributed by atoms with Gasteiger partial charge in [0.2, 0.25) is 5.88 Å². The van der Waals surface area contributed by atoms with E-state index in [4.69, 9.17) is 4.74 Å². The number of hydrogen-bond donors (Lipinski definition) is 2. The number of nitrogens with zero attached hydrogens (tertiary/aromatic N) is 1. The number of aromatic amines is 1. The standard InChI is InChI=1S/C13H16FN3O/c1-8-6-13(17-16-8)18-12-5-4-10(7-11(12)14)9(2)15-3/h4-7,9,15H,1-3H3,(H,16,17). The van der Waals surface area contributed by atoms with Crippen LogP contribution >= 0.6 is 0 Å². The van der Waals surface area contributed by atoms with Crippen LogP contribution in [0.3, 0.4) is 0 Å². The van der Waals surface area contributed by atoms with Crippen LogP contribution in [0.4, 0.5) is 4.39 Å². The second-order valence-electron chi connectivity index (χ2n) is 4.19. The number of aryl methyl sites for hydroxylation is 1. The van der Waals surface area contributed by atoms with Crippen LogP contribution in [-0.4, -0.2) is 17.2 Å². The smallest absolute Gasteiger partial charge is 0.238 e. The average molecular weight is 249 g/mol. The number of halogens is 1. The first kappa shape index (κ1) is 12.6. The highest BCUT2D eigenvalue weighted by Gasteiger charge is 2.10. The zero-order valence-electron chi connectivity index (χ0n) is 10.6. The molecule has 1 aromatic carbocycles. The normalized spacial score (nSPS) is 12.4. The van der Waals surface area contributed by atoms with Gasteiger partial charge in [-0.2, -0.15) is 0 Å². The van der Waals surface area contributed by atoms with Gasteiger partial charge in [-0.15, -0.1) is 5.10 Å². The highest BCUT2D eigenvalue weighted by Crippen LogP contribution is 2.26. The van der Waals surface area contributed by atoms with E-state index in [1.54, 1.807) is 12.1 Å². The summed E-state index contributed by atoms with van der Waals surface area (Å²) in [5.41, 5.74) is 1.74. The first-order chi connectivity index (χ1) is 8.60. The fraction of sp³-hybridized carbons (Fsp3) is 0.308. The maximum atomic E-state index is 13.8. The van der Waals surface area contributed by atoms with Crippen molar-refractivity contribution >= 4 is 0 Å². The number of H-pyrrole nitrogens is 1. The van der Waals surface area contributed by atoms with Crippen LogP contribution in [0, 0.1) is 12.7 Å². The molecule has 18 heavy (non-hydrogen) atoms. The molecule has 2 aromatic rings. The minimum atomic E-state index is -0.393. The van der Waals surface area contributed by atoms with Gasteiger partial charge in [0, 0.05) is 17.8 Å². The van der Waals surface area contributed by atoms with Crippen molar-refractivity contribution in [3.63, 3.8) is 0 Å². The van der Waals surface area contributed by atoms with Crippen LogP contribution in [0.2, 0.25) is 0 Å². The number of nitrogens with one attached hydrogen (secondary N) is 2. The van der Waals surface area contributed by atoms with Crippen molar-refractivity contribution in [3.05, 3.63) is 41.3 Å². The van der Waals surface area contributed by atoms with Gasteiger partial charge < -0.3 is 10.1 Å². The first-order valence-corrected chi connectivity index (χ1v) is 5.76. The molecule has 0 fully saturated rings. The summed E-state index contributed by atoms with van der Waals surface area (Å²) < 4.78 is 19.2. The van der Waals surface area contributed by atoms with Crippen molar-refractivity contribution in [2.75, 3.05) is 7.05 Å². The molecule has 0 radical (unpaired) electrons. The van der Waals surface area contributed by atoms with Crippen LogP contribution in [0.25, 0.3) is 0 Å². The Balaban J connectivity index is 2.19. The van der Waals surface area contributed by atoms with Crippen LogP contribution in [0.15, 0.2) is 24.3 Å². The summed E-state index contributed by atoms with van der Waals surface area (Å²) in [6.07, 6.45) is 0. The van der Waals surface area contributed by atoms with Gasteiger partial charge >= 0.3 is 0 Å². The van der Waals surface area contributed by atoms with E-state index in [2.05, 4.69) is 15.5 Å². The lowest BCUT2D eigenvalue weighted by molar-refractivity contribution is 0.425. The van der Waals surface area contributed by atoms with Gasteiger partial charge in [-0.1, -0.05) is 6.07 Å². The zero-order valence-corrected chi connectivity index (χ0v) is 10.6. The van der Waals surface area contributed by atoms with Gasteiger partial charge in [0.15, 0.2) is 11.6 Å². The summed E-state index contributed by atoms with van der Waals surface area (Å²) in [5, 5.41) is 9.70. The second-order valence-corrected chi connectivity index (χ2v) is 4.19. The maximum Gasteiger partial charge on any atom is 0.238 e. The van der Waals surface area contributed by atoms with Crippen molar-refractivity contribution in [1.29, 1.82) is 0 Å². The van der Waals surface area contributed by atoms with E-state index in [9.17, 15) is 4.39 Å². The Hall–Kier alpha value is -1.88. The molecule has 2 N–H and O–H groups in total. The highest BCUT2D eigenvalue weighted by atomic mass is 19.1. The van der Waals surface area contributed by atoms with Crippen LogP contribution < -0.4 is 10.1 Å². The van der Waals surface area contributed by atoms with E-state index in [1.807, 2.05) is 27.0 Å². The van der Waals surface area contributed by atoms with Crippen molar-refractivity contribution in [2.24, 2.45) is 0 Å². The minimum absolute atomic E-state index is 0.0983. The van der Waals surface area contributed by atoms with Crippen LogP contribution in [-0.2, 0) is 0 Å². The van der Waals surface area contributed by atoms with Gasteiger partial charge in [-0.05, 0) is 38.6 Å². The number of ether oxygens (including phenoxy) is 1. The summed E-state index contributed by atoms with van der Waals surface area (Å²) in [7, 11) is 1.83. The SMILES string of the molecule is CNC(C)c1ccc(Oc2cc(C)[nH]n2)c(F)c1. The molecule has 1 aromatic heterocycles. The molecular weight excluding hydrogens is 233 g/mol. The largest absolute Gasteiger partial charge is 0.434 e. The Kier molecular flexibility index (Phi) is 3.62. The third kappa shape index (κ3) is 2.68. The van der Waals surface area contributed by atoms with Crippen molar-refractivity contribution < 1.29 is 9.13 Å². The van der Waals surface area contributed by atoms with E-state index in [0.717, 1.165) is 11.3 Å². The zero-order chi connectivity index (χ0) is 13.1. The van der Waals surface area contributed by atoms with Gasteiger partial charge in [0.25, 0.3) is 0 Å². The van der Waals surface area contributed by atoms with Gasteiger partial charge in [0.1, 0.15) is 0 Å². The lowest BCUT2D eigenvalue weighted by Crippen LogP contribution is -2.12. The quantitative estimate of drug-likeness (QED) is 0.876. The Morgan fingerprint density at radius 3 is 2.72 bits per heavy atom. The Bertz CT molecular complexity index is 539. The third-order valence-corrected chi connectivity index (χ3v) is 2.79. The summed E-state index contributed by atoms with van der Waals surface area (Å²) in [4.78, 5) is 0. The molecule has 1 unspecified atom stereocenters. The molecule has 5 heteroatoms. The molecule has 0 aliphatic rings. The first-order valence-electron chi connectivity index (χ1n) is 5.76. The fourth-order valence-corrected chi connectivity index (χ4v) is 1.59. The molecule has 96 valence electrons. The third-order valence-electron chi connectivity index (χ3n) is 2.79. The molecule has 2 rings (SSSR count). The Morgan fingerprint density at radius 1 is 1.39 bits per heavy atom. The molecule has 0 saturated heterocycles. The number of rotatable bonds is 4. The van der Waals surface area contributed by atoms with Crippen LogP contribution in [0.1, 0.15) is 24.2 Å². The highest BCUT2D eigenvalue weighted by molar-refractivity contribution is 5.33. The monoisotopic (exact) mass is 249 g/mol. The van der Waals surface area contributed by atoms with Gasteiger partial charge in [0.05, 0.1) is 0 Å². The average Bonchev–Trinajstić information content (AvgIpc) is 2.76. The van der Waals surface area contributed by atoms with E-state index in [1.165, 1.54) is 6.07 Å². The van der Waals surface area contributed by atoms with Crippen molar-refractivity contribution in [2.45, 2.75) is 19.9 Å². The predicted molar refractivity (Wildman–Crippen MR) is 67.3 cm³/mol. The maximum absolute atomic E-state index is 13.8. The van der Waals surface area contributed by atoms with E-state index < -0.39 is 5.82 Å². The molecule has 0 bridgehead atoms. The fourth-order valence-electron chi connectivity index (χ4n) is 1.59. The second kappa shape index (κ2) is 5.18. The van der Waals surface area contributed by atoms with Crippen molar-refractivity contribution in [1.82, 2.24) is 15.5 Å². The lowest BCUT2D eigenvalue weighted by atomic mass is 10.1. The van der Waals surface area contributed by atoms with Gasteiger partial charge in [-0.3, -0.25) is 5.10 Å². The molecule has 0 aliphatic heterocycles. The molecular formula is C13H16FN3O. The van der Waals surface area contributed by atoms with E-state index in [-0.39, 0.29) is 11.8 Å². The molecule has 1 heterocycles. The molecule has 0 saturated carbocycles. The number of aromatic nitrogens is 2. The summed E-state index contributed by atoms with van der Waals surface area (Å²) in [6.45, 7) is 3.82. The molecule has 4 nitrogen and oxygen atoms in total. The summed E-state index contributed by atoms with van der Waals surface area (Å²) in [5.74, 6) is 0.143. The number of benzene rings is 1. The van der Waals surface area contributed by atoms with E-state index >= 15 is 0 Å². The Morgan fingerprint density at radius 2 is 2.17 bits per heavy atom. The summed E-state index contributed by atoms with van der Waals surface area (Å²) in [6, 6.07) is 6.72. The van der Waals surface area contributed by atoms with Crippen molar-refractivity contribution in [3.8, 4) is 11.6 Å². The Labute approximate surface area is 105 Å². The van der Waals surface area contributed by atoms with Gasteiger partial charge in [-0.25, -0.2) is 4.39 Å². The molecule has 0 aliphatic carbocycles. The predicted octanol–water partition coefficient (Wildman–Crippen LogP) is 2.93. The summed E-state index contributed by atoms with van der Waals surface area (Å²) >= 11 is 0. The molecule has 0 amide bonds. The lowest BCUT2D eigenvalue weighted by Gasteiger charge is -2.11. The van der Waals surface area contributed by atoms with E-state index in [0.29, 0.717) is 5.88 Å².